The van der Waals surface area contributed by atoms with E-state index in [2.05, 4.69) is 19.0 Å². The minimum absolute atomic E-state index is 0.0913. The third-order valence-corrected chi connectivity index (χ3v) is 5.68. The van der Waals surface area contributed by atoms with Gasteiger partial charge < -0.3 is 0 Å². The van der Waals surface area contributed by atoms with Crippen molar-refractivity contribution < 1.29 is 0 Å². The standard InChI is InChI=1S/C24H49NO/c1-3-5-7-9-11-13-14-15-17-19-21-23-24(25-26)22-20-18-16-12-10-8-6-4-2/h24H,3-23H2,1-2H3. The number of hydrogen-bond donors (Lipinski definition) is 0. The van der Waals surface area contributed by atoms with Gasteiger partial charge in [0.05, 0.1) is 6.04 Å². The van der Waals surface area contributed by atoms with Crippen molar-refractivity contribution >= 4 is 0 Å². The molecule has 1 atom stereocenters. The highest BCUT2D eigenvalue weighted by Crippen LogP contribution is 2.17. The average molecular weight is 368 g/mol. The van der Waals surface area contributed by atoms with Gasteiger partial charge in [-0.25, -0.2) is 0 Å². The molecule has 0 aromatic rings. The molecule has 26 heavy (non-hydrogen) atoms. The normalized spacial score (nSPS) is 12.4. The van der Waals surface area contributed by atoms with E-state index >= 15 is 0 Å². The van der Waals surface area contributed by atoms with Gasteiger partial charge in [-0.2, -0.15) is 4.91 Å². The molecule has 0 amide bonds. The Bertz CT molecular complexity index is 267. The Hall–Kier alpha value is -0.400. The van der Waals surface area contributed by atoms with E-state index in [1.54, 1.807) is 0 Å². The molecule has 0 N–H and O–H groups in total. The van der Waals surface area contributed by atoms with Crippen LogP contribution in [0.5, 0.6) is 0 Å². The fourth-order valence-electron chi connectivity index (χ4n) is 3.81. The van der Waals surface area contributed by atoms with Gasteiger partial charge in [0, 0.05) is 0 Å². The molecule has 2 nitrogen and oxygen atoms in total. The Morgan fingerprint density at radius 1 is 0.462 bits per heavy atom. The summed E-state index contributed by atoms with van der Waals surface area (Å²) in [5, 5.41) is 3.38. The minimum Gasteiger partial charge on any atom is -0.151 e. The highest BCUT2D eigenvalue weighted by atomic mass is 16.3. The van der Waals surface area contributed by atoms with Crippen molar-refractivity contribution in [2.45, 2.75) is 155 Å². The Balaban J connectivity index is 3.28. The van der Waals surface area contributed by atoms with Gasteiger partial charge in [-0.3, -0.25) is 0 Å². The molecule has 0 aromatic carbocycles. The summed E-state index contributed by atoms with van der Waals surface area (Å²) >= 11 is 0. The summed E-state index contributed by atoms with van der Waals surface area (Å²) in [7, 11) is 0. The lowest BCUT2D eigenvalue weighted by atomic mass is 10.00. The van der Waals surface area contributed by atoms with E-state index in [1.165, 1.54) is 122 Å². The van der Waals surface area contributed by atoms with Crippen molar-refractivity contribution in [1.29, 1.82) is 0 Å². The predicted octanol–water partition coefficient (Wildman–Crippen LogP) is 9.35. The highest BCUT2D eigenvalue weighted by Gasteiger charge is 2.07. The van der Waals surface area contributed by atoms with Crippen LogP contribution in [0.2, 0.25) is 0 Å². The molecule has 0 aliphatic carbocycles. The largest absolute Gasteiger partial charge is 0.151 e. The van der Waals surface area contributed by atoms with E-state index in [-0.39, 0.29) is 6.04 Å². The van der Waals surface area contributed by atoms with Gasteiger partial charge in [0.15, 0.2) is 0 Å². The van der Waals surface area contributed by atoms with Crippen LogP contribution in [0, 0.1) is 4.91 Å². The van der Waals surface area contributed by atoms with Gasteiger partial charge in [0.2, 0.25) is 0 Å². The zero-order valence-electron chi connectivity index (χ0n) is 18.3. The summed E-state index contributed by atoms with van der Waals surface area (Å²) in [6, 6.07) is 0.0913. The molecule has 0 rings (SSSR count). The summed E-state index contributed by atoms with van der Waals surface area (Å²) in [4.78, 5) is 11.0. The quantitative estimate of drug-likeness (QED) is 0.138. The van der Waals surface area contributed by atoms with Crippen LogP contribution in [0.4, 0.5) is 0 Å². The van der Waals surface area contributed by atoms with E-state index in [1.807, 2.05) is 0 Å². The number of nitrogens with zero attached hydrogens (tertiary/aromatic N) is 1. The van der Waals surface area contributed by atoms with Crippen molar-refractivity contribution in [2.24, 2.45) is 5.18 Å². The lowest BCUT2D eigenvalue weighted by Gasteiger charge is -2.09. The number of rotatable bonds is 22. The number of unbranched alkanes of at least 4 members (excludes halogenated alkanes) is 17. The summed E-state index contributed by atoms with van der Waals surface area (Å²) in [5.41, 5.74) is 0. The smallest absolute Gasteiger partial charge is 0.0919 e. The second-order valence-electron chi connectivity index (χ2n) is 8.35. The summed E-state index contributed by atoms with van der Waals surface area (Å²) in [5.74, 6) is 0. The predicted molar refractivity (Wildman–Crippen MR) is 118 cm³/mol. The van der Waals surface area contributed by atoms with Gasteiger partial charge in [-0.1, -0.05) is 141 Å². The molecule has 2 heteroatoms. The lowest BCUT2D eigenvalue weighted by molar-refractivity contribution is 0.478. The van der Waals surface area contributed by atoms with Gasteiger partial charge in [-0.05, 0) is 12.8 Å². The van der Waals surface area contributed by atoms with Crippen LogP contribution in [-0.2, 0) is 0 Å². The molecule has 0 aromatic heterocycles. The monoisotopic (exact) mass is 367 g/mol. The van der Waals surface area contributed by atoms with Crippen LogP contribution < -0.4 is 0 Å². The maximum absolute atomic E-state index is 11.0. The molecular formula is C24H49NO. The zero-order valence-corrected chi connectivity index (χ0v) is 18.3. The Kier molecular flexibility index (Phi) is 22.3. The molecule has 0 aliphatic heterocycles. The molecule has 0 bridgehead atoms. The Morgan fingerprint density at radius 3 is 1.00 bits per heavy atom. The molecule has 0 saturated heterocycles. The molecule has 0 radical (unpaired) electrons. The van der Waals surface area contributed by atoms with E-state index in [4.69, 9.17) is 0 Å². The van der Waals surface area contributed by atoms with Gasteiger partial charge in [0.25, 0.3) is 0 Å². The van der Waals surface area contributed by atoms with Gasteiger partial charge in [0.1, 0.15) is 0 Å². The van der Waals surface area contributed by atoms with E-state index < -0.39 is 0 Å². The van der Waals surface area contributed by atoms with Crippen molar-refractivity contribution in [3.63, 3.8) is 0 Å². The van der Waals surface area contributed by atoms with E-state index in [0.717, 1.165) is 12.8 Å². The number of nitroso groups, excluding NO2 is 1. The molecule has 1 unspecified atom stereocenters. The van der Waals surface area contributed by atoms with Crippen molar-refractivity contribution in [3.8, 4) is 0 Å². The first-order valence-corrected chi connectivity index (χ1v) is 12.2. The third kappa shape index (κ3) is 19.9. The van der Waals surface area contributed by atoms with Gasteiger partial charge in [-0.15, -0.1) is 0 Å². The van der Waals surface area contributed by atoms with Crippen LogP contribution in [0.1, 0.15) is 149 Å². The van der Waals surface area contributed by atoms with Crippen molar-refractivity contribution in [3.05, 3.63) is 4.91 Å². The number of hydrogen-bond acceptors (Lipinski definition) is 2. The second-order valence-corrected chi connectivity index (χ2v) is 8.35. The van der Waals surface area contributed by atoms with Crippen LogP contribution in [0.25, 0.3) is 0 Å². The first-order chi connectivity index (χ1) is 12.8. The first-order valence-electron chi connectivity index (χ1n) is 12.2. The van der Waals surface area contributed by atoms with Gasteiger partial charge >= 0.3 is 0 Å². The van der Waals surface area contributed by atoms with E-state index in [9.17, 15) is 4.91 Å². The maximum atomic E-state index is 11.0. The van der Waals surface area contributed by atoms with Crippen LogP contribution >= 0.6 is 0 Å². The molecule has 0 spiro atoms. The van der Waals surface area contributed by atoms with Crippen molar-refractivity contribution in [2.75, 3.05) is 0 Å². The molecular weight excluding hydrogens is 318 g/mol. The summed E-state index contributed by atoms with van der Waals surface area (Å²) in [6.07, 6.45) is 27.8. The lowest BCUT2D eigenvalue weighted by Crippen LogP contribution is -2.03. The fraction of sp³-hybridized carbons (Fsp3) is 1.00. The molecule has 0 saturated carbocycles. The van der Waals surface area contributed by atoms with E-state index in [0.29, 0.717) is 0 Å². The minimum atomic E-state index is 0.0913. The summed E-state index contributed by atoms with van der Waals surface area (Å²) < 4.78 is 0. The molecule has 0 heterocycles. The van der Waals surface area contributed by atoms with Crippen molar-refractivity contribution in [1.82, 2.24) is 0 Å². The molecule has 0 aliphatic rings. The second kappa shape index (κ2) is 22.6. The Morgan fingerprint density at radius 2 is 0.731 bits per heavy atom. The zero-order chi connectivity index (χ0) is 19.1. The molecule has 156 valence electrons. The topological polar surface area (TPSA) is 29.4 Å². The SMILES string of the molecule is CCCCCCCCCCCCCC(CCCCCCCCCC)N=O. The maximum Gasteiger partial charge on any atom is 0.0919 e. The third-order valence-electron chi connectivity index (χ3n) is 5.68. The fourth-order valence-corrected chi connectivity index (χ4v) is 3.81. The highest BCUT2D eigenvalue weighted by molar-refractivity contribution is 4.66. The average Bonchev–Trinajstić information content (AvgIpc) is 2.66. The van der Waals surface area contributed by atoms with Crippen LogP contribution in [0.3, 0.4) is 0 Å². The van der Waals surface area contributed by atoms with Crippen LogP contribution in [-0.4, -0.2) is 6.04 Å². The Labute approximate surface area is 165 Å². The summed E-state index contributed by atoms with van der Waals surface area (Å²) in [6.45, 7) is 4.54. The molecule has 0 fully saturated rings. The van der Waals surface area contributed by atoms with Crippen LogP contribution in [0.15, 0.2) is 5.18 Å². The first kappa shape index (κ1) is 25.6.